The summed E-state index contributed by atoms with van der Waals surface area (Å²) in [7, 11) is 1.89. The van der Waals surface area contributed by atoms with Crippen molar-refractivity contribution in [2.75, 3.05) is 7.05 Å². The second kappa shape index (κ2) is 3.91. The Balaban J connectivity index is 2.73. The van der Waals surface area contributed by atoms with E-state index < -0.39 is 0 Å². The minimum absolute atomic E-state index is 0.427. The molecule has 0 aromatic heterocycles. The van der Waals surface area contributed by atoms with E-state index in [-0.39, 0.29) is 0 Å². The number of rotatable bonds is 1. The minimum atomic E-state index is 0.427. The summed E-state index contributed by atoms with van der Waals surface area (Å²) in [6.07, 6.45) is 0. The summed E-state index contributed by atoms with van der Waals surface area (Å²) in [5.74, 6) is 0.935. The van der Waals surface area contributed by atoms with Gasteiger partial charge in [0.25, 0.3) is 0 Å². The topological polar surface area (TPSA) is 41.6 Å². The average molecular weight is 229 g/mol. The van der Waals surface area contributed by atoms with E-state index in [1.54, 1.807) is 0 Å². The molecule has 1 aromatic carbocycles. The third-order valence-electron chi connectivity index (χ3n) is 3.19. The van der Waals surface area contributed by atoms with Crippen LogP contribution in [-0.4, -0.2) is 17.9 Å². The van der Waals surface area contributed by atoms with Gasteiger partial charge in [0.2, 0.25) is 5.96 Å². The highest BCUT2D eigenvalue weighted by atomic mass is 15.3. The third-order valence-corrected chi connectivity index (χ3v) is 3.19. The van der Waals surface area contributed by atoms with E-state index in [0.717, 1.165) is 16.9 Å². The van der Waals surface area contributed by atoms with Gasteiger partial charge in [-0.05, 0) is 24.5 Å². The Labute approximate surface area is 103 Å². The van der Waals surface area contributed by atoms with Crippen molar-refractivity contribution < 1.29 is 0 Å². The van der Waals surface area contributed by atoms with Crippen molar-refractivity contribution in [3.63, 3.8) is 0 Å². The fourth-order valence-electron chi connectivity index (χ4n) is 2.10. The van der Waals surface area contributed by atoms with Crippen molar-refractivity contribution in [3.05, 3.63) is 35.4 Å². The van der Waals surface area contributed by atoms with E-state index in [2.05, 4.69) is 44.5 Å². The first-order valence-electron chi connectivity index (χ1n) is 5.83. The van der Waals surface area contributed by atoms with E-state index in [0.29, 0.717) is 11.9 Å². The number of aryl methyl sites for hydroxylation is 1. The molecule has 3 heteroatoms. The monoisotopic (exact) mass is 229 g/mol. The van der Waals surface area contributed by atoms with Gasteiger partial charge in [-0.1, -0.05) is 32.1 Å². The van der Waals surface area contributed by atoms with Crippen LogP contribution in [0, 0.1) is 6.92 Å². The lowest BCUT2D eigenvalue weighted by Crippen LogP contribution is -2.34. The van der Waals surface area contributed by atoms with Gasteiger partial charge in [-0.3, -0.25) is 0 Å². The van der Waals surface area contributed by atoms with Gasteiger partial charge in [0.05, 0.1) is 5.69 Å². The molecular formula is C14H19N3. The Hall–Kier alpha value is -1.77. The predicted molar refractivity (Wildman–Crippen MR) is 73.3 cm³/mol. The highest BCUT2D eigenvalue weighted by Crippen LogP contribution is 2.38. The smallest absolute Gasteiger partial charge is 0.200 e. The molecule has 1 aliphatic rings. The van der Waals surface area contributed by atoms with Crippen LogP contribution in [0.5, 0.6) is 0 Å². The van der Waals surface area contributed by atoms with E-state index in [9.17, 15) is 0 Å². The van der Waals surface area contributed by atoms with Crippen molar-refractivity contribution in [2.24, 2.45) is 10.7 Å². The SMILES string of the molecule is C=C1c2cc(C)cc(C(C)C)c2N=C(N)N1C. The number of guanidine groups is 1. The molecule has 1 aliphatic heterocycles. The number of hydrogen-bond donors (Lipinski definition) is 1. The number of fused-ring (bicyclic) bond motifs is 1. The summed E-state index contributed by atoms with van der Waals surface area (Å²) in [6, 6.07) is 4.30. The Bertz CT molecular complexity index is 512. The highest BCUT2D eigenvalue weighted by Gasteiger charge is 2.22. The maximum Gasteiger partial charge on any atom is 0.200 e. The van der Waals surface area contributed by atoms with Crippen molar-refractivity contribution in [3.8, 4) is 0 Å². The molecule has 0 atom stereocenters. The Morgan fingerprint density at radius 2 is 2.00 bits per heavy atom. The minimum Gasteiger partial charge on any atom is -0.369 e. The lowest BCUT2D eigenvalue weighted by Gasteiger charge is -2.28. The number of benzene rings is 1. The van der Waals surface area contributed by atoms with Crippen LogP contribution in [0.1, 0.15) is 36.5 Å². The second-order valence-corrected chi connectivity index (χ2v) is 4.88. The first-order valence-corrected chi connectivity index (χ1v) is 5.83. The van der Waals surface area contributed by atoms with Gasteiger partial charge < -0.3 is 10.6 Å². The molecular weight excluding hydrogens is 210 g/mol. The molecule has 0 amide bonds. The first-order chi connectivity index (χ1) is 7.91. The number of nitrogens with two attached hydrogens (primary N) is 1. The average Bonchev–Trinajstić information content (AvgIpc) is 2.26. The van der Waals surface area contributed by atoms with E-state index in [1.165, 1.54) is 11.1 Å². The van der Waals surface area contributed by atoms with Gasteiger partial charge in [-0.15, -0.1) is 0 Å². The summed E-state index contributed by atoms with van der Waals surface area (Å²) in [4.78, 5) is 6.32. The Kier molecular flexibility index (Phi) is 2.69. The van der Waals surface area contributed by atoms with Gasteiger partial charge in [0, 0.05) is 18.3 Å². The summed E-state index contributed by atoms with van der Waals surface area (Å²) >= 11 is 0. The summed E-state index contributed by atoms with van der Waals surface area (Å²) in [5, 5.41) is 0. The predicted octanol–water partition coefficient (Wildman–Crippen LogP) is 2.98. The van der Waals surface area contributed by atoms with Crippen LogP contribution < -0.4 is 5.73 Å². The standard InChI is InChI=1S/C14H19N3/c1-8(2)11-6-9(3)7-12-10(4)17(5)14(15)16-13(11)12/h6-8H,4H2,1-3,5H3,(H2,15,16). The molecule has 0 spiro atoms. The van der Waals surface area contributed by atoms with Gasteiger partial charge in [-0.25, -0.2) is 4.99 Å². The lowest BCUT2D eigenvalue weighted by atomic mass is 9.93. The van der Waals surface area contributed by atoms with Crippen LogP contribution in [0.3, 0.4) is 0 Å². The van der Waals surface area contributed by atoms with Gasteiger partial charge in [0.1, 0.15) is 0 Å². The molecule has 0 fully saturated rings. The molecule has 0 radical (unpaired) electrons. The van der Waals surface area contributed by atoms with Gasteiger partial charge in [-0.2, -0.15) is 0 Å². The zero-order valence-corrected chi connectivity index (χ0v) is 10.9. The fourth-order valence-corrected chi connectivity index (χ4v) is 2.10. The quantitative estimate of drug-likeness (QED) is 0.804. The number of nitrogens with zero attached hydrogens (tertiary/aromatic N) is 2. The molecule has 3 nitrogen and oxygen atoms in total. The van der Waals surface area contributed by atoms with Crippen molar-refractivity contribution >= 4 is 17.3 Å². The van der Waals surface area contributed by atoms with Crippen LogP contribution in [-0.2, 0) is 0 Å². The summed E-state index contributed by atoms with van der Waals surface area (Å²) in [5.41, 5.74) is 11.4. The summed E-state index contributed by atoms with van der Waals surface area (Å²) in [6.45, 7) is 10.5. The third kappa shape index (κ3) is 1.82. The second-order valence-electron chi connectivity index (χ2n) is 4.88. The Morgan fingerprint density at radius 1 is 1.35 bits per heavy atom. The van der Waals surface area contributed by atoms with Crippen LogP contribution in [0.2, 0.25) is 0 Å². The van der Waals surface area contributed by atoms with Crippen LogP contribution in [0.25, 0.3) is 5.70 Å². The zero-order valence-electron chi connectivity index (χ0n) is 10.9. The highest BCUT2D eigenvalue weighted by molar-refractivity contribution is 5.96. The molecule has 2 N–H and O–H groups in total. The maximum absolute atomic E-state index is 5.91. The van der Waals surface area contributed by atoms with Gasteiger partial charge in [0.15, 0.2) is 0 Å². The van der Waals surface area contributed by atoms with Crippen molar-refractivity contribution in [2.45, 2.75) is 26.7 Å². The van der Waals surface area contributed by atoms with Crippen LogP contribution in [0.4, 0.5) is 5.69 Å². The molecule has 1 heterocycles. The van der Waals surface area contributed by atoms with Crippen molar-refractivity contribution in [1.82, 2.24) is 4.90 Å². The molecule has 90 valence electrons. The summed E-state index contributed by atoms with van der Waals surface area (Å²) < 4.78 is 0. The van der Waals surface area contributed by atoms with Gasteiger partial charge >= 0.3 is 0 Å². The Morgan fingerprint density at radius 3 is 2.59 bits per heavy atom. The molecule has 0 aliphatic carbocycles. The fraction of sp³-hybridized carbons (Fsp3) is 0.357. The molecule has 0 bridgehead atoms. The van der Waals surface area contributed by atoms with Crippen LogP contribution in [0.15, 0.2) is 23.7 Å². The maximum atomic E-state index is 5.91. The largest absolute Gasteiger partial charge is 0.369 e. The lowest BCUT2D eigenvalue weighted by molar-refractivity contribution is 0.699. The molecule has 0 saturated heterocycles. The zero-order chi connectivity index (χ0) is 12.7. The number of aliphatic imine (C=N–C) groups is 1. The van der Waals surface area contributed by atoms with Crippen LogP contribution >= 0.6 is 0 Å². The molecule has 0 saturated carbocycles. The number of hydrogen-bond acceptors (Lipinski definition) is 3. The molecule has 0 unspecified atom stereocenters. The first kappa shape index (κ1) is 11.7. The molecule has 2 rings (SSSR count). The van der Waals surface area contributed by atoms with E-state index in [4.69, 9.17) is 5.73 Å². The van der Waals surface area contributed by atoms with E-state index in [1.807, 2.05) is 11.9 Å². The molecule has 1 aromatic rings. The normalized spacial score (nSPS) is 15.0. The van der Waals surface area contributed by atoms with Crippen molar-refractivity contribution in [1.29, 1.82) is 0 Å². The molecule has 17 heavy (non-hydrogen) atoms. The van der Waals surface area contributed by atoms with E-state index >= 15 is 0 Å².